The quantitative estimate of drug-likeness (QED) is 0.292. The molecule has 0 aliphatic heterocycles. The molecule has 0 saturated heterocycles. The predicted octanol–water partition coefficient (Wildman–Crippen LogP) is 5.53. The lowest BCUT2D eigenvalue weighted by Crippen LogP contribution is -2.48. The molecule has 0 bridgehead atoms. The van der Waals surface area contributed by atoms with Crippen LogP contribution in [-0.4, -0.2) is 66.1 Å². The zero-order valence-electron chi connectivity index (χ0n) is 24.4. The van der Waals surface area contributed by atoms with Gasteiger partial charge in [-0.05, 0) is 55.5 Å². The number of methoxy groups -OCH3 is 3. The first-order valence-corrected chi connectivity index (χ1v) is 14.6. The zero-order chi connectivity index (χ0) is 28.8. The number of aromatic nitrogens is 1. The molecule has 8 nitrogen and oxygen atoms in total. The molecule has 0 unspecified atom stereocenters. The SMILES string of the molecule is COc1cc(C(=O)N(CC(=O)N(Cc2cccn2Cc2ccccc2)C2CC2)C2CCCCC2)cc(OC)c1OC. The summed E-state index contributed by atoms with van der Waals surface area (Å²) in [6.45, 7) is 1.33. The van der Waals surface area contributed by atoms with Crippen LogP contribution < -0.4 is 14.2 Å². The van der Waals surface area contributed by atoms with Crippen LogP contribution in [0.25, 0.3) is 0 Å². The monoisotopic (exact) mass is 559 g/mol. The van der Waals surface area contributed by atoms with E-state index in [0.29, 0.717) is 29.4 Å². The number of carbonyl (C=O) groups excluding carboxylic acids is 2. The first-order valence-electron chi connectivity index (χ1n) is 14.6. The lowest BCUT2D eigenvalue weighted by molar-refractivity contribution is -0.133. The summed E-state index contributed by atoms with van der Waals surface area (Å²) in [5, 5.41) is 0. The van der Waals surface area contributed by atoms with Crippen molar-refractivity contribution < 1.29 is 23.8 Å². The van der Waals surface area contributed by atoms with Gasteiger partial charge in [0.1, 0.15) is 6.54 Å². The molecule has 2 aliphatic rings. The van der Waals surface area contributed by atoms with Crippen LogP contribution in [0.5, 0.6) is 17.2 Å². The van der Waals surface area contributed by atoms with Gasteiger partial charge >= 0.3 is 0 Å². The second-order valence-corrected chi connectivity index (χ2v) is 11.0. The fourth-order valence-corrected chi connectivity index (χ4v) is 5.88. The molecule has 2 fully saturated rings. The van der Waals surface area contributed by atoms with Crippen molar-refractivity contribution in [3.8, 4) is 17.2 Å². The van der Waals surface area contributed by atoms with Gasteiger partial charge in [-0.1, -0.05) is 49.6 Å². The van der Waals surface area contributed by atoms with E-state index in [1.165, 1.54) is 26.9 Å². The van der Waals surface area contributed by atoms with Gasteiger partial charge in [0.25, 0.3) is 5.91 Å². The molecular weight excluding hydrogens is 518 g/mol. The number of rotatable bonds is 12. The topological polar surface area (TPSA) is 73.2 Å². The number of amides is 2. The maximum Gasteiger partial charge on any atom is 0.254 e. The minimum Gasteiger partial charge on any atom is -0.493 e. The van der Waals surface area contributed by atoms with E-state index in [9.17, 15) is 9.59 Å². The predicted molar refractivity (Wildman–Crippen MR) is 158 cm³/mol. The smallest absolute Gasteiger partial charge is 0.254 e. The molecule has 5 rings (SSSR count). The van der Waals surface area contributed by atoms with Gasteiger partial charge in [0.05, 0.1) is 27.9 Å². The van der Waals surface area contributed by atoms with E-state index >= 15 is 0 Å². The number of hydrogen-bond acceptors (Lipinski definition) is 5. The Labute approximate surface area is 242 Å². The van der Waals surface area contributed by atoms with E-state index in [2.05, 4.69) is 29.0 Å². The molecule has 2 aliphatic carbocycles. The van der Waals surface area contributed by atoms with E-state index in [0.717, 1.165) is 57.2 Å². The Morgan fingerprint density at radius 2 is 1.46 bits per heavy atom. The fraction of sp³-hybridized carbons (Fsp3) is 0.455. The van der Waals surface area contributed by atoms with Gasteiger partial charge in [-0.3, -0.25) is 9.59 Å². The molecule has 0 spiro atoms. The molecule has 218 valence electrons. The second kappa shape index (κ2) is 13.1. The van der Waals surface area contributed by atoms with E-state index in [1.54, 1.807) is 17.0 Å². The molecule has 1 heterocycles. The van der Waals surface area contributed by atoms with Crippen LogP contribution in [0.15, 0.2) is 60.8 Å². The van der Waals surface area contributed by atoms with Crippen LogP contribution in [0.1, 0.15) is 66.6 Å². The van der Waals surface area contributed by atoms with Gasteiger partial charge < -0.3 is 28.6 Å². The van der Waals surface area contributed by atoms with Crippen molar-refractivity contribution in [2.24, 2.45) is 0 Å². The van der Waals surface area contributed by atoms with Crippen molar-refractivity contribution in [1.29, 1.82) is 0 Å². The van der Waals surface area contributed by atoms with Gasteiger partial charge in [-0.15, -0.1) is 0 Å². The van der Waals surface area contributed by atoms with Crippen molar-refractivity contribution in [1.82, 2.24) is 14.4 Å². The average Bonchev–Trinajstić information content (AvgIpc) is 3.77. The van der Waals surface area contributed by atoms with Crippen LogP contribution in [0, 0.1) is 0 Å². The largest absolute Gasteiger partial charge is 0.493 e. The standard InChI is InChI=1S/C33H41N3O5/c1-39-29-19-25(20-30(40-2)32(29)41-3)33(38)36(26-13-8-5-9-14-26)23-31(37)35(27-16-17-27)22-28-15-10-18-34(28)21-24-11-6-4-7-12-24/h4,6-7,10-12,15,18-20,26-27H,5,8-9,13-14,16-17,21-23H2,1-3H3. The molecular formula is C33H41N3O5. The number of benzene rings is 2. The van der Waals surface area contributed by atoms with Gasteiger partial charge in [0.15, 0.2) is 11.5 Å². The minimum absolute atomic E-state index is 0.00803. The third-order valence-corrected chi connectivity index (χ3v) is 8.25. The Balaban J connectivity index is 1.38. The van der Waals surface area contributed by atoms with Crippen molar-refractivity contribution >= 4 is 11.8 Å². The van der Waals surface area contributed by atoms with Gasteiger partial charge in [-0.25, -0.2) is 0 Å². The lowest BCUT2D eigenvalue weighted by Gasteiger charge is -2.36. The first-order chi connectivity index (χ1) is 20.0. The molecule has 3 aromatic rings. The highest BCUT2D eigenvalue weighted by Gasteiger charge is 2.36. The van der Waals surface area contributed by atoms with Crippen molar-refractivity contribution in [3.63, 3.8) is 0 Å². The molecule has 0 radical (unpaired) electrons. The van der Waals surface area contributed by atoms with E-state index in [1.807, 2.05) is 29.2 Å². The number of nitrogens with zero attached hydrogens (tertiary/aromatic N) is 3. The summed E-state index contributed by atoms with van der Waals surface area (Å²) in [6.07, 6.45) is 9.11. The summed E-state index contributed by atoms with van der Waals surface area (Å²) in [5.41, 5.74) is 2.73. The van der Waals surface area contributed by atoms with Crippen LogP contribution >= 0.6 is 0 Å². The third kappa shape index (κ3) is 6.69. The zero-order valence-corrected chi connectivity index (χ0v) is 24.4. The van der Waals surface area contributed by atoms with Crippen molar-refractivity contribution in [3.05, 3.63) is 77.6 Å². The molecule has 8 heteroatoms. The van der Waals surface area contributed by atoms with Gasteiger partial charge in [-0.2, -0.15) is 0 Å². The van der Waals surface area contributed by atoms with E-state index in [4.69, 9.17) is 14.2 Å². The molecule has 0 N–H and O–H groups in total. The number of hydrogen-bond donors (Lipinski definition) is 0. The molecule has 2 aromatic carbocycles. The highest BCUT2D eigenvalue weighted by molar-refractivity contribution is 5.98. The Morgan fingerprint density at radius 1 is 0.805 bits per heavy atom. The van der Waals surface area contributed by atoms with Crippen molar-refractivity contribution in [2.75, 3.05) is 27.9 Å². The van der Waals surface area contributed by atoms with Crippen molar-refractivity contribution in [2.45, 2.75) is 70.1 Å². The van der Waals surface area contributed by atoms with Gasteiger partial charge in [0, 0.05) is 36.1 Å². The normalized spacial score (nSPS) is 15.3. The summed E-state index contributed by atoms with van der Waals surface area (Å²) in [7, 11) is 4.61. The summed E-state index contributed by atoms with van der Waals surface area (Å²) in [6, 6.07) is 18.1. The molecule has 2 amide bonds. The summed E-state index contributed by atoms with van der Waals surface area (Å²) >= 11 is 0. The highest BCUT2D eigenvalue weighted by atomic mass is 16.5. The Kier molecular flexibility index (Phi) is 9.17. The van der Waals surface area contributed by atoms with Gasteiger partial charge in [0.2, 0.25) is 11.7 Å². The maximum atomic E-state index is 14.1. The fourth-order valence-electron chi connectivity index (χ4n) is 5.88. The molecule has 41 heavy (non-hydrogen) atoms. The Hall–Kier alpha value is -3.94. The maximum absolute atomic E-state index is 14.1. The van der Waals surface area contributed by atoms with Crippen LogP contribution in [-0.2, 0) is 17.9 Å². The summed E-state index contributed by atoms with van der Waals surface area (Å²) < 4.78 is 18.7. The summed E-state index contributed by atoms with van der Waals surface area (Å²) in [4.78, 5) is 31.9. The summed E-state index contributed by atoms with van der Waals surface area (Å²) in [5.74, 6) is 1.08. The first kappa shape index (κ1) is 28.6. The van der Waals surface area contributed by atoms with E-state index in [-0.39, 0.29) is 30.4 Å². The van der Waals surface area contributed by atoms with Crippen LogP contribution in [0.3, 0.4) is 0 Å². The average molecular weight is 560 g/mol. The Bertz CT molecular complexity index is 1300. The molecule has 2 saturated carbocycles. The molecule has 0 atom stereocenters. The van der Waals surface area contributed by atoms with Crippen LogP contribution in [0.4, 0.5) is 0 Å². The van der Waals surface area contributed by atoms with E-state index < -0.39 is 0 Å². The third-order valence-electron chi connectivity index (χ3n) is 8.25. The highest BCUT2D eigenvalue weighted by Crippen LogP contribution is 2.39. The minimum atomic E-state index is -0.187. The van der Waals surface area contributed by atoms with Crippen LogP contribution in [0.2, 0.25) is 0 Å². The molecule has 1 aromatic heterocycles. The lowest BCUT2D eigenvalue weighted by atomic mass is 9.93. The number of carbonyl (C=O) groups is 2. The second-order valence-electron chi connectivity index (χ2n) is 11.0. The Morgan fingerprint density at radius 3 is 2.07 bits per heavy atom. The number of ether oxygens (including phenoxy) is 3.